The zero-order chi connectivity index (χ0) is 24.6. The molecular formula is C25H25N9O2. The van der Waals surface area contributed by atoms with Crippen LogP contribution in [0.25, 0.3) is 22.9 Å². The van der Waals surface area contributed by atoms with E-state index in [2.05, 4.69) is 49.6 Å². The number of fused-ring (bicyclic) bond motifs is 1. The lowest BCUT2D eigenvalue weighted by atomic mass is 10.0. The van der Waals surface area contributed by atoms with Gasteiger partial charge in [0.05, 0.1) is 18.4 Å². The molecule has 5 N–H and O–H groups in total. The monoisotopic (exact) mass is 483 g/mol. The average Bonchev–Trinajstić information content (AvgIpc) is 3.20. The van der Waals surface area contributed by atoms with Crippen LogP contribution in [-0.2, 0) is 6.54 Å². The van der Waals surface area contributed by atoms with E-state index in [9.17, 15) is 9.90 Å². The fourth-order valence-electron chi connectivity index (χ4n) is 4.43. The molecule has 5 aromatic rings. The Bertz CT molecular complexity index is 1710. The Hall–Kier alpha value is -4.67. The molecule has 0 amide bonds. The van der Waals surface area contributed by atoms with Gasteiger partial charge >= 0.3 is 5.69 Å². The van der Waals surface area contributed by atoms with Gasteiger partial charge in [0, 0.05) is 29.6 Å². The Kier molecular flexibility index (Phi) is 5.36. The Labute approximate surface area is 204 Å². The number of hydrogen-bond acceptors (Lipinski definition) is 7. The second-order valence-corrected chi connectivity index (χ2v) is 8.92. The van der Waals surface area contributed by atoms with Gasteiger partial charge in [-0.05, 0) is 29.5 Å². The average molecular weight is 484 g/mol. The van der Waals surface area contributed by atoms with Gasteiger partial charge in [0.2, 0.25) is 5.88 Å². The molecular weight excluding hydrogens is 458 g/mol. The topological polar surface area (TPSA) is 152 Å². The predicted molar refractivity (Wildman–Crippen MR) is 134 cm³/mol. The number of aromatic amines is 3. The Morgan fingerprint density at radius 3 is 2.92 bits per heavy atom. The molecule has 11 heteroatoms. The second-order valence-electron chi connectivity index (χ2n) is 8.92. The predicted octanol–water partition coefficient (Wildman–Crippen LogP) is 1.70. The van der Waals surface area contributed by atoms with E-state index in [1.54, 1.807) is 23.0 Å². The first-order valence-corrected chi connectivity index (χ1v) is 11.9. The van der Waals surface area contributed by atoms with Crippen LogP contribution in [0.1, 0.15) is 31.0 Å². The van der Waals surface area contributed by atoms with Gasteiger partial charge in [-0.3, -0.25) is 15.1 Å². The first-order valence-electron chi connectivity index (χ1n) is 11.9. The molecule has 4 heterocycles. The van der Waals surface area contributed by atoms with E-state index in [1.165, 1.54) is 0 Å². The van der Waals surface area contributed by atoms with Gasteiger partial charge in [0.25, 0.3) is 0 Å². The van der Waals surface area contributed by atoms with Crippen molar-refractivity contribution in [1.29, 1.82) is 0 Å². The van der Waals surface area contributed by atoms with Crippen LogP contribution in [0, 0.1) is 5.92 Å². The summed E-state index contributed by atoms with van der Waals surface area (Å²) in [5, 5.41) is 25.5. The molecule has 1 aliphatic carbocycles. The molecule has 6 rings (SSSR count). The molecule has 2 atom stereocenters. The number of benzene rings is 1. The first-order chi connectivity index (χ1) is 17.6. The van der Waals surface area contributed by atoms with Gasteiger partial charge in [-0.2, -0.15) is 14.7 Å². The minimum Gasteiger partial charge on any atom is -0.493 e. The van der Waals surface area contributed by atoms with Crippen LogP contribution in [0.15, 0.2) is 58.7 Å². The van der Waals surface area contributed by atoms with Crippen LogP contribution in [0.2, 0.25) is 0 Å². The van der Waals surface area contributed by atoms with Gasteiger partial charge in [-0.25, -0.2) is 9.78 Å². The number of rotatable bonds is 7. The summed E-state index contributed by atoms with van der Waals surface area (Å²) in [5.41, 5.74) is 4.24. The van der Waals surface area contributed by atoms with E-state index in [0.717, 1.165) is 29.5 Å². The maximum atomic E-state index is 11.6. The summed E-state index contributed by atoms with van der Waals surface area (Å²) < 4.78 is 1.70. The lowest BCUT2D eigenvalue weighted by molar-refractivity contribution is 0.454. The third-order valence-corrected chi connectivity index (χ3v) is 6.51. The second kappa shape index (κ2) is 8.84. The molecule has 0 aliphatic heterocycles. The molecule has 0 radical (unpaired) electrons. The Morgan fingerprint density at radius 2 is 2.17 bits per heavy atom. The minimum atomic E-state index is -0.489. The molecule has 0 spiro atoms. The van der Waals surface area contributed by atoms with E-state index in [1.807, 2.05) is 24.4 Å². The van der Waals surface area contributed by atoms with Crippen LogP contribution >= 0.6 is 0 Å². The zero-order valence-electron chi connectivity index (χ0n) is 19.6. The van der Waals surface area contributed by atoms with Crippen molar-refractivity contribution in [2.24, 2.45) is 10.9 Å². The van der Waals surface area contributed by atoms with Gasteiger partial charge in [-0.15, -0.1) is 0 Å². The highest BCUT2D eigenvalue weighted by Crippen LogP contribution is 2.36. The normalized spacial score (nSPS) is 18.2. The van der Waals surface area contributed by atoms with Crippen molar-refractivity contribution >= 4 is 17.5 Å². The van der Waals surface area contributed by atoms with E-state index < -0.39 is 5.69 Å². The van der Waals surface area contributed by atoms with Crippen molar-refractivity contribution in [3.63, 3.8) is 0 Å². The Balaban J connectivity index is 1.41. The maximum Gasteiger partial charge on any atom is 0.326 e. The minimum absolute atomic E-state index is 0.238. The van der Waals surface area contributed by atoms with Gasteiger partial charge in [0.15, 0.2) is 11.1 Å². The van der Waals surface area contributed by atoms with Crippen molar-refractivity contribution in [3.05, 3.63) is 81.4 Å². The van der Waals surface area contributed by atoms with E-state index in [0.29, 0.717) is 34.6 Å². The third kappa shape index (κ3) is 4.15. The van der Waals surface area contributed by atoms with Crippen molar-refractivity contribution in [2.75, 3.05) is 5.32 Å². The SMILES string of the molecule is CCC1CC1N=c1cc(NCc2ccccc2-c2cn[nH]c2)nc2c(=Cc3[nH]c(=O)[nH]c3O)cnn12. The highest BCUT2D eigenvalue weighted by atomic mass is 16.3. The summed E-state index contributed by atoms with van der Waals surface area (Å²) in [4.78, 5) is 26.2. The van der Waals surface area contributed by atoms with Crippen LogP contribution in [0.4, 0.5) is 5.82 Å². The van der Waals surface area contributed by atoms with Gasteiger partial charge in [-0.1, -0.05) is 37.6 Å². The maximum absolute atomic E-state index is 11.6. The lowest BCUT2D eigenvalue weighted by Gasteiger charge is -2.10. The number of imidazole rings is 1. The summed E-state index contributed by atoms with van der Waals surface area (Å²) in [5.74, 6) is 1.01. The van der Waals surface area contributed by atoms with Crippen LogP contribution in [0.5, 0.6) is 5.88 Å². The van der Waals surface area contributed by atoms with Crippen LogP contribution < -0.4 is 21.7 Å². The lowest BCUT2D eigenvalue weighted by Crippen LogP contribution is -2.20. The van der Waals surface area contributed by atoms with Crippen molar-refractivity contribution < 1.29 is 5.11 Å². The van der Waals surface area contributed by atoms with E-state index >= 15 is 0 Å². The van der Waals surface area contributed by atoms with Crippen LogP contribution in [0.3, 0.4) is 0 Å². The number of H-pyrrole nitrogens is 3. The molecule has 4 aromatic heterocycles. The highest BCUT2D eigenvalue weighted by molar-refractivity contribution is 5.66. The van der Waals surface area contributed by atoms with Gasteiger partial charge in [0.1, 0.15) is 11.5 Å². The summed E-state index contributed by atoms with van der Waals surface area (Å²) in [6, 6.07) is 10.3. The third-order valence-electron chi connectivity index (χ3n) is 6.51. The number of anilines is 1. The Morgan fingerprint density at radius 1 is 1.28 bits per heavy atom. The largest absolute Gasteiger partial charge is 0.493 e. The molecule has 0 bridgehead atoms. The van der Waals surface area contributed by atoms with E-state index in [4.69, 9.17) is 9.98 Å². The quantitative estimate of drug-likeness (QED) is 0.238. The van der Waals surface area contributed by atoms with E-state index in [-0.39, 0.29) is 17.6 Å². The summed E-state index contributed by atoms with van der Waals surface area (Å²) in [6.07, 6.45) is 9.12. The number of nitrogens with zero attached hydrogens (tertiary/aromatic N) is 5. The molecule has 1 saturated carbocycles. The molecule has 1 aliphatic rings. The molecule has 1 aromatic carbocycles. The van der Waals surface area contributed by atoms with Crippen molar-refractivity contribution in [3.8, 4) is 17.0 Å². The number of aromatic nitrogens is 7. The van der Waals surface area contributed by atoms with Crippen LogP contribution in [-0.4, -0.2) is 45.9 Å². The number of hydrogen-bond donors (Lipinski definition) is 5. The zero-order valence-corrected chi connectivity index (χ0v) is 19.6. The number of aromatic hydroxyl groups is 1. The molecule has 182 valence electrons. The molecule has 36 heavy (non-hydrogen) atoms. The summed E-state index contributed by atoms with van der Waals surface area (Å²) >= 11 is 0. The van der Waals surface area contributed by atoms with Crippen molar-refractivity contribution in [1.82, 2.24) is 34.8 Å². The fraction of sp³-hybridized carbons (Fsp3) is 0.240. The number of nitrogens with one attached hydrogen (secondary N) is 4. The fourth-order valence-corrected chi connectivity index (χ4v) is 4.43. The molecule has 0 saturated heterocycles. The van der Waals surface area contributed by atoms with Gasteiger partial charge < -0.3 is 15.4 Å². The molecule has 11 nitrogen and oxygen atoms in total. The van der Waals surface area contributed by atoms with Crippen molar-refractivity contribution in [2.45, 2.75) is 32.4 Å². The highest BCUT2D eigenvalue weighted by Gasteiger charge is 2.35. The first kappa shape index (κ1) is 21.8. The molecule has 2 unspecified atom stereocenters. The molecule has 1 fully saturated rings. The smallest absolute Gasteiger partial charge is 0.326 e. The standard InChI is InChI=1S/C25H25N9O2/c1-2-14-7-19(14)30-22-9-21(26-10-15-5-3-4-6-18(15)17-11-27-28-12-17)32-23-16(13-29-34(22)23)8-20-24(35)33-25(36)31-20/h3-6,8-9,11-14,19,26,35H,2,7,10H2,1H3,(H,27,28)(H2,31,33,36). The summed E-state index contributed by atoms with van der Waals surface area (Å²) in [7, 11) is 0. The summed E-state index contributed by atoms with van der Waals surface area (Å²) in [6.45, 7) is 2.72.